The second-order valence-corrected chi connectivity index (χ2v) is 10.9. The number of ether oxygens (including phenoxy) is 1. The van der Waals surface area contributed by atoms with Gasteiger partial charge in [-0.05, 0) is 53.4 Å². The van der Waals surface area contributed by atoms with Crippen LogP contribution >= 0.6 is 0 Å². The summed E-state index contributed by atoms with van der Waals surface area (Å²) in [6.07, 6.45) is 3.07. The Bertz CT molecular complexity index is 1480. The molecule has 0 atom stereocenters. The molecule has 12 heteroatoms. The quantitative estimate of drug-likeness (QED) is 0.293. The number of primary sulfonamides is 1. The number of nitrogens with one attached hydrogen (secondary N) is 2. The Hall–Kier alpha value is -1.18. The Balaban J connectivity index is 0.00000228. The van der Waals surface area contributed by atoms with E-state index in [1.54, 1.807) is 49.4 Å². The minimum absolute atomic E-state index is 0. The molecule has 0 aromatic heterocycles. The molecule has 4 rings (SSSR count). The van der Waals surface area contributed by atoms with Crippen molar-refractivity contribution in [2.75, 3.05) is 11.3 Å². The van der Waals surface area contributed by atoms with E-state index in [-0.39, 0.29) is 68.9 Å². The molecule has 1 aliphatic heterocycles. The van der Waals surface area contributed by atoms with Crippen LogP contribution in [0.2, 0.25) is 0 Å². The minimum atomic E-state index is -4.03. The zero-order chi connectivity index (χ0) is 24.3. The van der Waals surface area contributed by atoms with Crippen molar-refractivity contribution < 1.29 is 21.6 Å². The van der Waals surface area contributed by atoms with Crippen molar-refractivity contribution in [3.63, 3.8) is 0 Å². The molecule has 4 N–H and O–H groups in total. The van der Waals surface area contributed by atoms with Crippen molar-refractivity contribution in [2.45, 2.75) is 29.8 Å². The van der Waals surface area contributed by atoms with Crippen LogP contribution in [0.4, 0.5) is 5.69 Å². The van der Waals surface area contributed by atoms with E-state index in [0.717, 1.165) is 11.1 Å². The first-order valence-electron chi connectivity index (χ1n) is 10.6. The summed E-state index contributed by atoms with van der Waals surface area (Å²) in [6, 6.07) is 16.6. The van der Waals surface area contributed by atoms with E-state index < -0.39 is 20.0 Å². The van der Waals surface area contributed by atoms with E-state index in [9.17, 15) is 16.8 Å². The van der Waals surface area contributed by atoms with Gasteiger partial charge in [-0.25, -0.2) is 22.0 Å². The summed E-state index contributed by atoms with van der Waals surface area (Å²) in [5, 5.41) is 8.61. The Labute approximate surface area is 256 Å². The zero-order valence-electron chi connectivity index (χ0n) is 18.5. The summed E-state index contributed by atoms with van der Waals surface area (Å²) in [5.74, 6) is 0.376. The van der Waals surface area contributed by atoms with Gasteiger partial charge in [0.1, 0.15) is 5.75 Å². The van der Waals surface area contributed by atoms with Crippen molar-refractivity contribution >= 4 is 97.0 Å². The fourth-order valence-electron chi connectivity index (χ4n) is 3.82. The predicted octanol–water partition coefficient (Wildman–Crippen LogP) is 2.01. The first kappa shape index (κ1) is 31.0. The molecule has 182 valence electrons. The van der Waals surface area contributed by atoms with Gasteiger partial charge in [-0.1, -0.05) is 42.5 Å². The first-order valence-corrected chi connectivity index (χ1v) is 13.6. The third-order valence-corrected chi connectivity index (χ3v) is 7.79. The van der Waals surface area contributed by atoms with Crippen LogP contribution in [-0.2, 0) is 33.1 Å². The molecule has 0 spiro atoms. The topological polar surface area (TPSA) is 128 Å². The maximum absolute atomic E-state index is 13.3. The molecule has 0 saturated heterocycles. The van der Waals surface area contributed by atoms with Gasteiger partial charge in [0.05, 0.1) is 22.1 Å². The molecule has 0 radical (unpaired) electrons. The Kier molecular flexibility index (Phi) is 11.3. The number of anilines is 1. The van der Waals surface area contributed by atoms with Crippen LogP contribution in [0.1, 0.15) is 29.2 Å². The van der Waals surface area contributed by atoms with Crippen LogP contribution in [0, 0.1) is 0 Å². The molecule has 3 aromatic rings. The van der Waals surface area contributed by atoms with E-state index >= 15 is 0 Å². The van der Waals surface area contributed by atoms with Gasteiger partial charge in [-0.15, -0.1) is 0 Å². The molecule has 0 bridgehead atoms. The second-order valence-electron chi connectivity index (χ2n) is 7.70. The number of benzene rings is 3. The first-order chi connectivity index (χ1) is 16.2. The van der Waals surface area contributed by atoms with Gasteiger partial charge in [0.15, 0.2) is 0 Å². The van der Waals surface area contributed by atoms with Gasteiger partial charge in [-0.3, -0.25) is 4.72 Å². The number of hydrogen-bond donors (Lipinski definition) is 3. The van der Waals surface area contributed by atoms with Gasteiger partial charge in [-0.2, -0.15) is 0 Å². The van der Waals surface area contributed by atoms with Crippen molar-refractivity contribution in [3.05, 3.63) is 82.9 Å². The summed E-state index contributed by atoms with van der Waals surface area (Å²) in [6.45, 7) is 3.44. The number of sulfonamides is 2. The fraction of sp³-hybridized carbons (Fsp3) is 0.167. The Morgan fingerprint density at radius 3 is 2.31 bits per heavy atom. The average molecular weight is 548 g/mol. The van der Waals surface area contributed by atoms with Crippen LogP contribution in [0.25, 0.3) is 12.2 Å². The summed E-state index contributed by atoms with van der Waals surface area (Å²) in [7, 11) is -7.95. The van der Waals surface area contributed by atoms with Gasteiger partial charge >= 0.3 is 59.1 Å². The zero-order valence-corrected chi connectivity index (χ0v) is 20.1. The summed E-state index contributed by atoms with van der Waals surface area (Å²) in [4.78, 5) is -0.0431. The van der Waals surface area contributed by atoms with Gasteiger partial charge < -0.3 is 10.1 Å². The standard InChI is InChI=1S/C24H25N3O5S2.2Na.2H/c1-2-32-20-13-12-18(24(14-20)33(25,28)29)11-10-17-6-3-4-9-23(17)34(30,31)27-22-8-5-7-19-15-26-16-21(19)22;;;;/h3-14,26-27H,2,15-16H2,1H3,(H2,25,28,29);;;;. The SMILES string of the molecule is CCOc1ccc(C=Cc2ccccc2S(=O)(=O)Nc2cccc3c2CNC3)c(S(N)(=O)=O)c1.[NaH].[NaH]. The van der Waals surface area contributed by atoms with E-state index in [0.29, 0.717) is 42.3 Å². The number of fused-ring (bicyclic) bond motifs is 1. The normalized spacial score (nSPS) is 12.9. The molecular weight excluding hydrogens is 520 g/mol. The van der Waals surface area contributed by atoms with Gasteiger partial charge in [0.25, 0.3) is 10.0 Å². The Morgan fingerprint density at radius 2 is 1.61 bits per heavy atom. The molecule has 8 nitrogen and oxygen atoms in total. The predicted molar refractivity (Wildman–Crippen MR) is 146 cm³/mol. The number of hydrogen-bond acceptors (Lipinski definition) is 6. The fourth-order valence-corrected chi connectivity index (χ4v) is 5.86. The third-order valence-electron chi connectivity index (χ3n) is 5.39. The van der Waals surface area contributed by atoms with E-state index in [4.69, 9.17) is 9.88 Å². The van der Waals surface area contributed by atoms with Crippen molar-refractivity contribution in [2.24, 2.45) is 5.14 Å². The van der Waals surface area contributed by atoms with E-state index in [2.05, 4.69) is 10.0 Å². The number of rotatable bonds is 8. The molecular formula is C24H27N3Na2O5S2. The van der Waals surface area contributed by atoms with Gasteiger partial charge in [0, 0.05) is 19.2 Å². The molecule has 0 amide bonds. The molecule has 0 unspecified atom stereocenters. The average Bonchev–Trinajstić information content (AvgIpc) is 3.28. The van der Waals surface area contributed by atoms with Crippen LogP contribution < -0.4 is 19.9 Å². The molecule has 0 fully saturated rings. The van der Waals surface area contributed by atoms with Gasteiger partial charge in [0.2, 0.25) is 10.0 Å². The third kappa shape index (κ3) is 7.22. The monoisotopic (exact) mass is 547 g/mol. The molecule has 1 heterocycles. The summed E-state index contributed by atoms with van der Waals surface area (Å²) < 4.78 is 58.9. The summed E-state index contributed by atoms with van der Waals surface area (Å²) in [5.41, 5.74) is 3.23. The molecule has 0 aliphatic carbocycles. The Morgan fingerprint density at radius 1 is 0.917 bits per heavy atom. The van der Waals surface area contributed by atoms with Crippen LogP contribution in [0.15, 0.2) is 70.5 Å². The second kappa shape index (κ2) is 13.1. The van der Waals surface area contributed by atoms with Crippen molar-refractivity contribution in [1.82, 2.24) is 5.32 Å². The van der Waals surface area contributed by atoms with E-state index in [1.165, 1.54) is 18.2 Å². The van der Waals surface area contributed by atoms with Crippen molar-refractivity contribution in [1.29, 1.82) is 0 Å². The van der Waals surface area contributed by atoms with Crippen molar-refractivity contribution in [3.8, 4) is 5.75 Å². The van der Waals surface area contributed by atoms with Crippen LogP contribution in [0.3, 0.4) is 0 Å². The van der Waals surface area contributed by atoms with E-state index in [1.807, 2.05) is 12.1 Å². The number of nitrogens with two attached hydrogens (primary N) is 1. The van der Waals surface area contributed by atoms with Crippen LogP contribution in [0.5, 0.6) is 5.75 Å². The molecule has 36 heavy (non-hydrogen) atoms. The van der Waals surface area contributed by atoms with Crippen LogP contribution in [-0.4, -0.2) is 82.6 Å². The molecule has 0 saturated carbocycles. The maximum atomic E-state index is 13.3. The molecule has 3 aromatic carbocycles. The summed E-state index contributed by atoms with van der Waals surface area (Å²) >= 11 is 0. The molecule has 1 aliphatic rings.